The molecule has 2 rings (SSSR count). The van der Waals surface area contributed by atoms with E-state index >= 15 is 0 Å². The average molecular weight is 522 g/mol. The molecule has 9 nitrogen and oxygen atoms in total. The van der Waals surface area contributed by atoms with E-state index in [2.05, 4.69) is 5.32 Å². The van der Waals surface area contributed by atoms with E-state index in [4.69, 9.17) is 18.9 Å². The Morgan fingerprint density at radius 3 is 2.24 bits per heavy atom. The zero-order valence-electron chi connectivity index (χ0n) is 23.9. The Kier molecular flexibility index (Phi) is 12.6. The molecule has 3 atom stereocenters. The molecule has 1 aliphatic rings. The Bertz CT molecular complexity index is 862. The van der Waals surface area contributed by atoms with Gasteiger partial charge in [0.15, 0.2) is 11.5 Å². The average Bonchev–Trinajstić information content (AvgIpc) is 3.30. The summed E-state index contributed by atoms with van der Waals surface area (Å²) in [6.45, 7) is 11.9. The topological polar surface area (TPSA) is 89.6 Å². The Morgan fingerprint density at radius 1 is 1.00 bits per heavy atom. The minimum absolute atomic E-state index is 0.00352. The maximum Gasteiger partial charge on any atom is 0.254 e. The molecule has 1 aliphatic heterocycles. The highest BCUT2D eigenvalue weighted by Crippen LogP contribution is 2.30. The van der Waals surface area contributed by atoms with Gasteiger partial charge in [-0.25, -0.2) is 0 Å². The number of ether oxygens (including phenoxy) is 4. The van der Waals surface area contributed by atoms with Crippen LogP contribution >= 0.6 is 0 Å². The van der Waals surface area contributed by atoms with Gasteiger partial charge in [-0.1, -0.05) is 13.8 Å². The van der Waals surface area contributed by atoms with Crippen LogP contribution in [-0.4, -0.2) is 102 Å². The Labute approximate surface area is 222 Å². The van der Waals surface area contributed by atoms with Gasteiger partial charge in [-0.05, 0) is 49.8 Å². The first-order valence-electron chi connectivity index (χ1n) is 13.2. The van der Waals surface area contributed by atoms with Crippen molar-refractivity contribution in [3.05, 3.63) is 23.8 Å². The van der Waals surface area contributed by atoms with Gasteiger partial charge in [0, 0.05) is 72.1 Å². The Balaban J connectivity index is 2.13. The van der Waals surface area contributed by atoms with Crippen molar-refractivity contribution in [1.82, 2.24) is 15.1 Å². The van der Waals surface area contributed by atoms with Gasteiger partial charge in [-0.15, -0.1) is 0 Å². The number of nitrogens with zero attached hydrogens (tertiary/aromatic N) is 2. The molecule has 2 amide bonds. The molecule has 0 saturated carbocycles. The summed E-state index contributed by atoms with van der Waals surface area (Å²) in [4.78, 5) is 30.3. The van der Waals surface area contributed by atoms with Crippen LogP contribution in [0.3, 0.4) is 0 Å². The lowest BCUT2D eigenvalue weighted by Crippen LogP contribution is -2.46. The molecule has 0 aliphatic carbocycles. The Hall–Kier alpha value is -2.36. The second kappa shape index (κ2) is 15.1. The Morgan fingerprint density at radius 2 is 1.68 bits per heavy atom. The number of benzene rings is 1. The van der Waals surface area contributed by atoms with E-state index in [1.807, 2.05) is 39.6 Å². The summed E-state index contributed by atoms with van der Waals surface area (Å²) in [5.41, 5.74) is 0.561. The van der Waals surface area contributed by atoms with Crippen molar-refractivity contribution in [3.63, 3.8) is 0 Å². The van der Waals surface area contributed by atoms with Gasteiger partial charge in [0.2, 0.25) is 0 Å². The number of methoxy groups -OCH3 is 3. The van der Waals surface area contributed by atoms with Gasteiger partial charge in [0.05, 0.1) is 13.7 Å². The predicted octanol–water partition coefficient (Wildman–Crippen LogP) is 2.93. The molecular weight excluding hydrogens is 474 g/mol. The smallest absolute Gasteiger partial charge is 0.254 e. The van der Waals surface area contributed by atoms with Crippen LogP contribution in [0.25, 0.3) is 0 Å². The lowest BCUT2D eigenvalue weighted by molar-refractivity contribution is -0.143. The van der Waals surface area contributed by atoms with Gasteiger partial charge in [0.1, 0.15) is 6.10 Å². The third-order valence-electron chi connectivity index (χ3n) is 6.94. The van der Waals surface area contributed by atoms with E-state index in [-0.39, 0.29) is 35.6 Å². The summed E-state index contributed by atoms with van der Waals surface area (Å²) in [6, 6.07) is 5.34. The maximum absolute atomic E-state index is 13.7. The molecule has 1 fully saturated rings. The highest BCUT2D eigenvalue weighted by atomic mass is 16.5. The molecule has 37 heavy (non-hydrogen) atoms. The van der Waals surface area contributed by atoms with E-state index < -0.39 is 6.10 Å². The molecule has 1 aromatic rings. The van der Waals surface area contributed by atoms with Crippen LogP contribution in [0, 0.1) is 17.8 Å². The second-order valence-electron chi connectivity index (χ2n) is 10.4. The van der Waals surface area contributed by atoms with Crippen LogP contribution in [0.5, 0.6) is 11.5 Å². The number of hydrogen-bond donors (Lipinski definition) is 1. The monoisotopic (exact) mass is 521 g/mol. The van der Waals surface area contributed by atoms with Gasteiger partial charge in [0.25, 0.3) is 11.8 Å². The molecule has 1 N–H and O–H groups in total. The number of nitrogens with one attached hydrogen (secondary N) is 1. The molecule has 0 radical (unpaired) electrons. The quantitative estimate of drug-likeness (QED) is 0.355. The first kappa shape index (κ1) is 30.9. The van der Waals surface area contributed by atoms with Crippen LogP contribution in [0.1, 0.15) is 44.5 Å². The number of likely N-dealkylation sites (N-methyl/N-ethyl adjacent to an activating group) is 1. The zero-order chi connectivity index (χ0) is 27.5. The van der Waals surface area contributed by atoms with Crippen LogP contribution < -0.4 is 14.8 Å². The minimum Gasteiger partial charge on any atom is -0.493 e. The van der Waals surface area contributed by atoms with E-state index in [0.29, 0.717) is 43.4 Å². The molecular formula is C28H47N3O6. The van der Waals surface area contributed by atoms with Crippen LogP contribution in [0.15, 0.2) is 18.2 Å². The molecule has 9 heteroatoms. The fraction of sp³-hybridized carbons (Fsp3) is 0.714. The number of carbonyl (C=O) groups is 2. The number of hydrogen-bond acceptors (Lipinski definition) is 7. The number of amides is 2. The summed E-state index contributed by atoms with van der Waals surface area (Å²) in [6.07, 6.45) is 0.290. The molecule has 0 aromatic heterocycles. The van der Waals surface area contributed by atoms with Crippen LogP contribution in [0.2, 0.25) is 0 Å². The van der Waals surface area contributed by atoms with Crippen LogP contribution in [0.4, 0.5) is 0 Å². The van der Waals surface area contributed by atoms with Crippen molar-refractivity contribution in [2.45, 2.75) is 46.3 Å². The third-order valence-corrected chi connectivity index (χ3v) is 6.94. The summed E-state index contributed by atoms with van der Waals surface area (Å²) >= 11 is 0. The molecule has 1 heterocycles. The van der Waals surface area contributed by atoms with E-state index in [0.717, 1.165) is 19.5 Å². The lowest BCUT2D eigenvalue weighted by atomic mass is 9.93. The number of rotatable bonds is 15. The van der Waals surface area contributed by atoms with Gasteiger partial charge < -0.3 is 34.1 Å². The normalized spacial score (nSPS) is 18.2. The molecule has 0 spiro atoms. The van der Waals surface area contributed by atoms with Crippen molar-refractivity contribution in [2.24, 2.45) is 17.8 Å². The van der Waals surface area contributed by atoms with Crippen molar-refractivity contribution >= 4 is 11.8 Å². The summed E-state index contributed by atoms with van der Waals surface area (Å²) in [7, 11) is 6.66. The zero-order valence-corrected chi connectivity index (χ0v) is 23.9. The predicted molar refractivity (Wildman–Crippen MR) is 144 cm³/mol. The summed E-state index contributed by atoms with van der Waals surface area (Å²) in [5.74, 6) is 1.66. The van der Waals surface area contributed by atoms with E-state index in [1.165, 1.54) is 0 Å². The minimum atomic E-state index is -0.451. The fourth-order valence-electron chi connectivity index (χ4n) is 4.79. The lowest BCUT2D eigenvalue weighted by Gasteiger charge is -2.33. The summed E-state index contributed by atoms with van der Waals surface area (Å²) in [5, 5.41) is 3.46. The van der Waals surface area contributed by atoms with Crippen molar-refractivity contribution in [3.8, 4) is 11.5 Å². The summed E-state index contributed by atoms with van der Waals surface area (Å²) < 4.78 is 21.8. The molecule has 210 valence electrons. The SMILES string of the molecule is COCCCOc1cc(C(=O)N(C[C@@H]2CNC[C@H]2CN(C)C(=O)[C@@H](OC)C(C)C)C(C)C)ccc1OC. The molecule has 1 aromatic carbocycles. The van der Waals surface area contributed by atoms with E-state index in [1.54, 1.807) is 44.4 Å². The first-order chi connectivity index (χ1) is 17.6. The van der Waals surface area contributed by atoms with Gasteiger partial charge >= 0.3 is 0 Å². The van der Waals surface area contributed by atoms with Gasteiger partial charge in [-0.3, -0.25) is 9.59 Å². The van der Waals surface area contributed by atoms with E-state index in [9.17, 15) is 9.59 Å². The largest absolute Gasteiger partial charge is 0.493 e. The maximum atomic E-state index is 13.7. The second-order valence-corrected chi connectivity index (χ2v) is 10.4. The van der Waals surface area contributed by atoms with Crippen LogP contribution in [-0.2, 0) is 14.3 Å². The van der Waals surface area contributed by atoms with Gasteiger partial charge in [-0.2, -0.15) is 0 Å². The van der Waals surface area contributed by atoms with Crippen molar-refractivity contribution < 1.29 is 28.5 Å². The fourth-order valence-corrected chi connectivity index (χ4v) is 4.79. The standard InChI is InChI=1S/C28H47N3O6/c1-19(2)26(36-8)28(33)30(5)17-22-15-29-16-23(22)18-31(20(3)4)27(32)21-10-11-24(35-7)25(14-21)37-13-9-12-34-6/h10-11,14,19-20,22-23,26,29H,9,12-13,15-18H2,1-8H3/t22-,23-,26-/m0/s1. The number of carbonyl (C=O) groups excluding carboxylic acids is 2. The van der Waals surface area contributed by atoms with Crippen molar-refractivity contribution in [2.75, 3.05) is 67.8 Å². The van der Waals surface area contributed by atoms with Crippen molar-refractivity contribution in [1.29, 1.82) is 0 Å². The first-order valence-corrected chi connectivity index (χ1v) is 13.2. The molecule has 1 saturated heterocycles. The highest BCUT2D eigenvalue weighted by molar-refractivity contribution is 5.95. The third kappa shape index (κ3) is 8.58. The molecule has 0 unspecified atom stereocenters. The highest BCUT2D eigenvalue weighted by Gasteiger charge is 2.34. The molecule has 0 bridgehead atoms.